The molecule has 120 valence electrons. The van der Waals surface area contributed by atoms with Gasteiger partial charge in [0.05, 0.1) is 35.1 Å². The molecule has 2 aromatic heterocycles. The second kappa shape index (κ2) is 5.79. The Labute approximate surface area is 134 Å². The van der Waals surface area contributed by atoms with Crippen LogP contribution in [0.3, 0.4) is 0 Å². The van der Waals surface area contributed by atoms with Gasteiger partial charge in [0.2, 0.25) is 0 Å². The highest BCUT2D eigenvalue weighted by Crippen LogP contribution is 2.19. The smallest absolute Gasteiger partial charge is 0.121 e. The van der Waals surface area contributed by atoms with Gasteiger partial charge in [-0.15, -0.1) is 0 Å². The largest absolute Gasteiger partial charge is 0.387 e. The molecule has 6 nitrogen and oxygen atoms in total. The van der Waals surface area contributed by atoms with Crippen LogP contribution < -0.4 is 0 Å². The van der Waals surface area contributed by atoms with Gasteiger partial charge in [0.25, 0.3) is 0 Å². The summed E-state index contributed by atoms with van der Waals surface area (Å²) in [5, 5.41) is 14.2. The van der Waals surface area contributed by atoms with Crippen LogP contribution in [-0.4, -0.2) is 36.3 Å². The lowest BCUT2D eigenvalue weighted by Gasteiger charge is -2.17. The number of nitrogens with one attached hydrogen (secondary N) is 1. The Morgan fingerprint density at radius 2 is 2.17 bits per heavy atom. The fraction of sp³-hybridized carbons (Fsp3) is 0.412. The molecule has 23 heavy (non-hydrogen) atoms. The van der Waals surface area contributed by atoms with Gasteiger partial charge in [-0.3, -0.25) is 9.58 Å². The monoisotopic (exact) mass is 311 g/mol. The fourth-order valence-corrected chi connectivity index (χ4v) is 3.18. The maximum Gasteiger partial charge on any atom is 0.121 e. The molecule has 4 rings (SSSR count). The maximum absolute atomic E-state index is 9.72. The Morgan fingerprint density at radius 3 is 3.00 bits per heavy atom. The quantitative estimate of drug-likeness (QED) is 0.778. The number of hydrogen-bond donors (Lipinski definition) is 2. The molecule has 0 unspecified atom stereocenters. The van der Waals surface area contributed by atoms with Crippen LogP contribution in [0, 0.1) is 0 Å². The average Bonchev–Trinajstić information content (AvgIpc) is 3.06. The molecule has 0 saturated heterocycles. The van der Waals surface area contributed by atoms with Gasteiger partial charge in [0.1, 0.15) is 5.82 Å². The molecule has 0 amide bonds. The predicted octanol–water partition coefficient (Wildman–Crippen LogP) is 2.22. The highest BCUT2D eigenvalue weighted by Gasteiger charge is 2.19. The zero-order valence-electron chi connectivity index (χ0n) is 13.2. The third-order valence-corrected chi connectivity index (χ3v) is 4.35. The molecule has 0 spiro atoms. The van der Waals surface area contributed by atoms with E-state index in [-0.39, 0.29) is 0 Å². The van der Waals surface area contributed by atoms with E-state index < -0.39 is 6.10 Å². The number of para-hydroxylation sites is 2. The molecular weight excluding hydrogens is 290 g/mol. The Hall–Kier alpha value is -2.18. The van der Waals surface area contributed by atoms with Crippen LogP contribution in [-0.2, 0) is 19.6 Å². The van der Waals surface area contributed by atoms with Crippen LogP contribution in [0.5, 0.6) is 0 Å². The minimum Gasteiger partial charge on any atom is -0.387 e. The second-order valence-corrected chi connectivity index (χ2v) is 6.22. The van der Waals surface area contributed by atoms with E-state index in [1.54, 1.807) is 6.92 Å². The van der Waals surface area contributed by atoms with Crippen LogP contribution in [0.1, 0.15) is 36.7 Å². The standard InChI is InChI=1S/C17H21N5O/c1-12(23)16-9-13-10-21(7-4-8-22(13)20-16)11-17-18-14-5-2-3-6-15(14)19-17/h2-3,5-6,9,12,23H,4,7-8,10-11H2,1H3,(H,18,19)/t12-/m0/s1. The fourth-order valence-electron chi connectivity index (χ4n) is 3.18. The predicted molar refractivity (Wildman–Crippen MR) is 87.7 cm³/mol. The van der Waals surface area contributed by atoms with Crippen molar-refractivity contribution in [3.05, 3.63) is 47.5 Å². The highest BCUT2D eigenvalue weighted by atomic mass is 16.3. The highest BCUT2D eigenvalue weighted by molar-refractivity contribution is 5.74. The van der Waals surface area contributed by atoms with Gasteiger partial charge < -0.3 is 10.1 Å². The zero-order valence-corrected chi connectivity index (χ0v) is 13.2. The van der Waals surface area contributed by atoms with Crippen molar-refractivity contribution in [1.82, 2.24) is 24.6 Å². The number of aryl methyl sites for hydroxylation is 1. The van der Waals surface area contributed by atoms with E-state index in [9.17, 15) is 5.11 Å². The van der Waals surface area contributed by atoms with Crippen LogP contribution in [0.2, 0.25) is 0 Å². The van der Waals surface area contributed by atoms with Crippen molar-refractivity contribution < 1.29 is 5.11 Å². The summed E-state index contributed by atoms with van der Waals surface area (Å²) >= 11 is 0. The molecule has 0 radical (unpaired) electrons. The topological polar surface area (TPSA) is 70.0 Å². The number of imidazole rings is 1. The molecular formula is C17H21N5O. The third-order valence-electron chi connectivity index (χ3n) is 4.35. The SMILES string of the molecule is C[C@H](O)c1cc2n(n1)CCCN(Cc1nc3ccccc3[nH]1)C2. The number of fused-ring (bicyclic) bond motifs is 2. The molecule has 0 aliphatic carbocycles. The van der Waals surface area contributed by atoms with E-state index in [4.69, 9.17) is 0 Å². The lowest BCUT2D eigenvalue weighted by molar-refractivity contribution is 0.193. The molecule has 1 aliphatic rings. The second-order valence-electron chi connectivity index (χ2n) is 6.22. The average molecular weight is 311 g/mol. The normalized spacial score (nSPS) is 17.1. The molecule has 1 atom stereocenters. The number of nitrogens with zero attached hydrogens (tertiary/aromatic N) is 4. The Kier molecular flexibility index (Phi) is 3.63. The number of aromatic nitrogens is 4. The first-order chi connectivity index (χ1) is 11.2. The first kappa shape index (κ1) is 14.4. The summed E-state index contributed by atoms with van der Waals surface area (Å²) in [6, 6.07) is 10.1. The molecule has 3 aromatic rings. The molecule has 1 aliphatic heterocycles. The molecule has 1 aromatic carbocycles. The number of aliphatic hydroxyl groups is 1. The van der Waals surface area contributed by atoms with E-state index in [0.29, 0.717) is 0 Å². The number of benzene rings is 1. The Morgan fingerprint density at radius 1 is 1.30 bits per heavy atom. The van der Waals surface area contributed by atoms with Crippen molar-refractivity contribution in [2.45, 2.75) is 39.1 Å². The molecule has 2 N–H and O–H groups in total. The van der Waals surface area contributed by atoms with E-state index >= 15 is 0 Å². The van der Waals surface area contributed by atoms with Crippen molar-refractivity contribution in [3.63, 3.8) is 0 Å². The Balaban J connectivity index is 1.54. The third kappa shape index (κ3) is 2.87. The summed E-state index contributed by atoms with van der Waals surface area (Å²) in [6.45, 7) is 5.30. The van der Waals surface area contributed by atoms with Gasteiger partial charge in [0, 0.05) is 19.6 Å². The van der Waals surface area contributed by atoms with Crippen LogP contribution in [0.4, 0.5) is 0 Å². The van der Waals surface area contributed by atoms with Gasteiger partial charge in [-0.1, -0.05) is 12.1 Å². The van der Waals surface area contributed by atoms with E-state index in [1.807, 2.05) is 28.9 Å². The molecule has 0 saturated carbocycles. The molecule has 0 fully saturated rings. The van der Waals surface area contributed by atoms with Gasteiger partial charge in [-0.2, -0.15) is 5.10 Å². The minimum atomic E-state index is -0.516. The first-order valence-electron chi connectivity index (χ1n) is 8.10. The molecule has 0 bridgehead atoms. The summed E-state index contributed by atoms with van der Waals surface area (Å²) in [5.41, 5.74) is 4.01. The number of aliphatic hydroxyl groups excluding tert-OH is 1. The lowest BCUT2D eigenvalue weighted by Crippen LogP contribution is -2.23. The van der Waals surface area contributed by atoms with Crippen molar-refractivity contribution >= 4 is 11.0 Å². The van der Waals surface area contributed by atoms with Crippen LogP contribution in [0.15, 0.2) is 30.3 Å². The van der Waals surface area contributed by atoms with Crippen molar-refractivity contribution in [1.29, 1.82) is 0 Å². The van der Waals surface area contributed by atoms with Crippen molar-refractivity contribution in [3.8, 4) is 0 Å². The summed E-state index contributed by atoms with van der Waals surface area (Å²) in [7, 11) is 0. The number of rotatable bonds is 3. The maximum atomic E-state index is 9.72. The van der Waals surface area contributed by atoms with E-state index in [1.165, 1.54) is 0 Å². The number of aromatic amines is 1. The summed E-state index contributed by atoms with van der Waals surface area (Å²) in [6.07, 6.45) is 0.534. The van der Waals surface area contributed by atoms with Crippen molar-refractivity contribution in [2.75, 3.05) is 6.54 Å². The van der Waals surface area contributed by atoms with Crippen LogP contribution in [0.25, 0.3) is 11.0 Å². The summed E-state index contributed by atoms with van der Waals surface area (Å²) in [4.78, 5) is 10.4. The first-order valence-corrected chi connectivity index (χ1v) is 8.10. The number of H-pyrrole nitrogens is 1. The van der Waals surface area contributed by atoms with Gasteiger partial charge in [-0.05, 0) is 31.5 Å². The molecule has 3 heterocycles. The van der Waals surface area contributed by atoms with Gasteiger partial charge in [-0.25, -0.2) is 4.98 Å². The van der Waals surface area contributed by atoms with E-state index in [2.05, 4.69) is 26.0 Å². The van der Waals surface area contributed by atoms with Crippen molar-refractivity contribution in [2.24, 2.45) is 0 Å². The van der Waals surface area contributed by atoms with Crippen LogP contribution >= 0.6 is 0 Å². The zero-order chi connectivity index (χ0) is 15.8. The van der Waals surface area contributed by atoms with Gasteiger partial charge >= 0.3 is 0 Å². The summed E-state index contributed by atoms with van der Waals surface area (Å²) < 4.78 is 2.03. The number of hydrogen-bond acceptors (Lipinski definition) is 4. The van der Waals surface area contributed by atoms with Gasteiger partial charge in [0.15, 0.2) is 0 Å². The lowest BCUT2D eigenvalue weighted by atomic mass is 10.2. The Bertz CT molecular complexity index is 786. The molecule has 6 heteroatoms. The van der Waals surface area contributed by atoms with E-state index in [0.717, 1.165) is 60.8 Å². The summed E-state index contributed by atoms with van der Waals surface area (Å²) in [5.74, 6) is 0.995. The minimum absolute atomic E-state index is 0.516.